The molecular weight excluding hydrogens is 682 g/mol. The highest BCUT2D eigenvalue weighted by atomic mass is 31.1. The largest absolute Gasteiger partial charge is 0.481 e. The summed E-state index contributed by atoms with van der Waals surface area (Å²) in [6, 6.07) is 68.0. The van der Waals surface area contributed by atoms with Gasteiger partial charge in [-0.2, -0.15) is 0 Å². The molecule has 0 aliphatic carbocycles. The standard InChI is InChI=1S/C49H40O2P2/c1-2-17-43(49(50)51)37-29-28-36-31-33-46(53(40-23-11-5-12-24-40)41-25-13-6-14-26-41)48(44(36)34-37)47-42-27-16-15-18-35(42)30-32-45(47)52(38-19-7-3-8-20-38)39-21-9-4-10-22-39/h3-16,18-34,43H,2,17H2,1H3,(H,50,51)/t43-/m1/s1. The molecule has 0 radical (unpaired) electrons. The Bertz CT molecular complexity index is 2420. The minimum absolute atomic E-state index is 0.580. The SMILES string of the molecule is CCC[C@@H](C(=O)O)c1ccc2ccc(P(c3ccccc3)c3ccccc3)c(-c3c(P(c4ccccc4)c4ccccc4)ccc4ccccc34)c2c1. The number of hydrogen-bond donors (Lipinski definition) is 1. The topological polar surface area (TPSA) is 37.3 Å². The fraction of sp³-hybridized carbons (Fsp3) is 0.0816. The number of hydrogen-bond acceptors (Lipinski definition) is 1. The van der Waals surface area contributed by atoms with E-state index < -0.39 is 27.7 Å². The van der Waals surface area contributed by atoms with Crippen LogP contribution in [-0.2, 0) is 4.79 Å². The molecule has 8 rings (SSSR count). The Morgan fingerprint density at radius 2 is 0.887 bits per heavy atom. The van der Waals surface area contributed by atoms with Crippen LogP contribution in [0.2, 0.25) is 0 Å². The zero-order valence-electron chi connectivity index (χ0n) is 29.6. The number of fused-ring (bicyclic) bond motifs is 2. The molecule has 0 unspecified atom stereocenters. The summed E-state index contributed by atoms with van der Waals surface area (Å²) < 4.78 is 0. The summed E-state index contributed by atoms with van der Waals surface area (Å²) in [5, 5.41) is 22.7. The monoisotopic (exact) mass is 722 g/mol. The fourth-order valence-corrected chi connectivity index (χ4v) is 12.5. The minimum atomic E-state index is -1.01. The first-order valence-electron chi connectivity index (χ1n) is 18.2. The fourth-order valence-electron chi connectivity index (χ4n) is 7.58. The first-order chi connectivity index (χ1) is 26.1. The lowest BCUT2D eigenvalue weighted by atomic mass is 9.89. The van der Waals surface area contributed by atoms with Crippen molar-refractivity contribution in [2.45, 2.75) is 25.7 Å². The van der Waals surface area contributed by atoms with Gasteiger partial charge in [-0.25, -0.2) is 0 Å². The van der Waals surface area contributed by atoms with Crippen LogP contribution in [0.5, 0.6) is 0 Å². The number of benzene rings is 8. The lowest BCUT2D eigenvalue weighted by Crippen LogP contribution is -2.26. The van der Waals surface area contributed by atoms with Gasteiger partial charge in [0.2, 0.25) is 0 Å². The summed E-state index contributed by atoms with van der Waals surface area (Å²) in [6.45, 7) is 2.06. The average molecular weight is 723 g/mol. The smallest absolute Gasteiger partial charge is 0.310 e. The van der Waals surface area contributed by atoms with Crippen molar-refractivity contribution in [3.63, 3.8) is 0 Å². The normalized spacial score (nSPS) is 12.1. The van der Waals surface area contributed by atoms with Gasteiger partial charge in [-0.3, -0.25) is 4.79 Å². The van der Waals surface area contributed by atoms with Crippen molar-refractivity contribution < 1.29 is 9.90 Å². The Labute approximate surface area is 314 Å². The van der Waals surface area contributed by atoms with Crippen molar-refractivity contribution in [1.82, 2.24) is 0 Å². The van der Waals surface area contributed by atoms with E-state index in [1.807, 2.05) is 6.07 Å². The summed E-state index contributed by atoms with van der Waals surface area (Å²) in [7, 11) is -1.99. The third-order valence-electron chi connectivity index (χ3n) is 10.00. The van der Waals surface area contributed by atoms with Gasteiger partial charge in [0.05, 0.1) is 5.92 Å². The Kier molecular flexibility index (Phi) is 10.3. The van der Waals surface area contributed by atoms with E-state index in [-0.39, 0.29) is 0 Å². The van der Waals surface area contributed by atoms with Gasteiger partial charge >= 0.3 is 5.97 Å². The number of carboxylic acids is 1. The molecule has 1 atom stereocenters. The lowest BCUT2D eigenvalue weighted by molar-refractivity contribution is -0.139. The maximum atomic E-state index is 12.8. The summed E-state index contributed by atoms with van der Waals surface area (Å²) in [5.74, 6) is -1.36. The second-order valence-electron chi connectivity index (χ2n) is 13.3. The molecule has 53 heavy (non-hydrogen) atoms. The van der Waals surface area contributed by atoms with E-state index >= 15 is 0 Å². The molecule has 0 heterocycles. The van der Waals surface area contributed by atoms with Crippen molar-refractivity contribution in [2.75, 3.05) is 0 Å². The zero-order chi connectivity index (χ0) is 36.1. The van der Waals surface area contributed by atoms with Gasteiger partial charge in [-0.1, -0.05) is 195 Å². The molecule has 0 saturated carbocycles. The molecule has 0 bridgehead atoms. The van der Waals surface area contributed by atoms with Crippen molar-refractivity contribution in [3.05, 3.63) is 194 Å². The number of carbonyl (C=O) groups is 1. The molecule has 8 aromatic carbocycles. The first kappa shape index (κ1) is 34.7. The third-order valence-corrected chi connectivity index (χ3v) is 15.0. The summed E-state index contributed by atoms with van der Waals surface area (Å²) in [6.07, 6.45) is 1.38. The zero-order valence-corrected chi connectivity index (χ0v) is 31.4. The molecule has 0 fully saturated rings. The maximum absolute atomic E-state index is 12.8. The molecule has 0 spiro atoms. The van der Waals surface area contributed by atoms with E-state index in [0.29, 0.717) is 6.42 Å². The third kappa shape index (κ3) is 6.94. The molecule has 0 saturated heterocycles. The molecule has 0 aliphatic heterocycles. The summed E-state index contributed by atoms with van der Waals surface area (Å²) in [5.41, 5.74) is 3.26. The molecular formula is C49H40O2P2. The molecule has 258 valence electrons. The Morgan fingerprint density at radius 3 is 1.34 bits per heavy atom. The van der Waals surface area contributed by atoms with Crippen LogP contribution in [-0.4, -0.2) is 11.1 Å². The summed E-state index contributed by atoms with van der Waals surface area (Å²) >= 11 is 0. The van der Waals surface area contributed by atoms with Gasteiger partial charge in [0.1, 0.15) is 0 Å². The predicted octanol–water partition coefficient (Wildman–Crippen LogP) is 10.1. The van der Waals surface area contributed by atoms with Crippen molar-refractivity contribution in [1.29, 1.82) is 0 Å². The highest BCUT2D eigenvalue weighted by Gasteiger charge is 2.29. The van der Waals surface area contributed by atoms with E-state index in [2.05, 4.69) is 189 Å². The maximum Gasteiger partial charge on any atom is 0.310 e. The predicted molar refractivity (Wildman–Crippen MR) is 230 cm³/mol. The summed E-state index contributed by atoms with van der Waals surface area (Å²) in [4.78, 5) is 12.8. The number of rotatable bonds is 11. The highest BCUT2D eigenvalue weighted by molar-refractivity contribution is 7.80. The van der Waals surface area contributed by atoms with Gasteiger partial charge in [-0.05, 0) is 98.4 Å². The Balaban J connectivity index is 1.55. The van der Waals surface area contributed by atoms with E-state index in [1.165, 1.54) is 53.7 Å². The number of aliphatic carboxylic acids is 1. The second kappa shape index (κ2) is 15.7. The lowest BCUT2D eigenvalue weighted by Gasteiger charge is -2.28. The molecule has 8 aromatic rings. The highest BCUT2D eigenvalue weighted by Crippen LogP contribution is 2.46. The second-order valence-corrected chi connectivity index (χ2v) is 17.7. The van der Waals surface area contributed by atoms with E-state index in [0.717, 1.165) is 22.8 Å². The van der Waals surface area contributed by atoms with Gasteiger partial charge in [-0.15, -0.1) is 0 Å². The van der Waals surface area contributed by atoms with Crippen molar-refractivity contribution in [3.8, 4) is 11.1 Å². The molecule has 0 aromatic heterocycles. The van der Waals surface area contributed by atoms with Gasteiger partial charge in [0.15, 0.2) is 0 Å². The van der Waals surface area contributed by atoms with Crippen molar-refractivity contribution >= 4 is 75.2 Å². The van der Waals surface area contributed by atoms with E-state index in [4.69, 9.17) is 0 Å². The molecule has 0 amide bonds. The minimum Gasteiger partial charge on any atom is -0.481 e. The van der Waals surface area contributed by atoms with Crippen LogP contribution in [0.3, 0.4) is 0 Å². The molecule has 1 N–H and O–H groups in total. The Hall–Kier alpha value is -5.39. The molecule has 2 nitrogen and oxygen atoms in total. The Morgan fingerprint density at radius 1 is 0.491 bits per heavy atom. The first-order valence-corrected chi connectivity index (χ1v) is 20.9. The van der Waals surface area contributed by atoms with Crippen LogP contribution >= 0.6 is 15.8 Å². The quantitative estimate of drug-likeness (QED) is 0.135. The van der Waals surface area contributed by atoms with Gasteiger partial charge < -0.3 is 5.11 Å². The van der Waals surface area contributed by atoms with Crippen LogP contribution in [0.1, 0.15) is 31.2 Å². The van der Waals surface area contributed by atoms with Crippen LogP contribution in [0.25, 0.3) is 32.7 Å². The van der Waals surface area contributed by atoms with Gasteiger partial charge in [0, 0.05) is 0 Å². The molecule has 4 heteroatoms. The van der Waals surface area contributed by atoms with Crippen LogP contribution in [0.15, 0.2) is 188 Å². The van der Waals surface area contributed by atoms with Crippen LogP contribution in [0, 0.1) is 0 Å². The van der Waals surface area contributed by atoms with E-state index in [9.17, 15) is 9.90 Å². The van der Waals surface area contributed by atoms with E-state index in [1.54, 1.807) is 0 Å². The van der Waals surface area contributed by atoms with Crippen LogP contribution in [0.4, 0.5) is 0 Å². The van der Waals surface area contributed by atoms with Crippen LogP contribution < -0.4 is 31.8 Å². The number of carboxylic acid groups (broad SMARTS) is 1. The van der Waals surface area contributed by atoms with Gasteiger partial charge in [0.25, 0.3) is 0 Å². The molecule has 0 aliphatic rings. The van der Waals surface area contributed by atoms with Crippen molar-refractivity contribution in [2.24, 2.45) is 0 Å². The average Bonchev–Trinajstić information content (AvgIpc) is 3.21.